The smallest absolute Gasteiger partial charge is 0.368 e. The Bertz CT molecular complexity index is 577. The molecular formula is C9H14N4O7S. The summed E-state index contributed by atoms with van der Waals surface area (Å²) in [7, 11) is -4.82. The predicted molar refractivity (Wildman–Crippen MR) is 65.6 cm³/mol. The Morgan fingerprint density at radius 1 is 1.43 bits per heavy atom. The minimum Gasteiger partial charge on any atom is -0.368 e. The van der Waals surface area contributed by atoms with E-state index in [1.807, 2.05) is 0 Å². The number of hydroxylamine groups is 2. The number of fused-ring (bicyclic) bond motifs is 2. The molecule has 0 unspecified atom stereocenters. The summed E-state index contributed by atoms with van der Waals surface area (Å²) in [6.45, 7) is -0.269. The molecule has 118 valence electrons. The molecule has 11 nitrogen and oxygen atoms in total. The van der Waals surface area contributed by atoms with E-state index >= 15 is 0 Å². The summed E-state index contributed by atoms with van der Waals surface area (Å²) < 4.78 is 34.3. The summed E-state index contributed by atoms with van der Waals surface area (Å²) >= 11 is 0. The molecular weight excluding hydrogens is 308 g/mol. The van der Waals surface area contributed by atoms with Crippen LogP contribution < -0.4 is 11.1 Å². The number of hydrogen-bond acceptors (Lipinski definition) is 6. The molecule has 0 aliphatic carbocycles. The predicted octanol–water partition coefficient (Wildman–Crippen LogP) is -2.41. The Hall–Kier alpha value is -1.92. The average Bonchev–Trinajstić information content (AvgIpc) is 2.60. The molecule has 2 aliphatic heterocycles. The van der Waals surface area contributed by atoms with Crippen LogP contribution in [0, 0.1) is 0 Å². The van der Waals surface area contributed by atoms with Crippen molar-refractivity contribution in [2.45, 2.75) is 24.9 Å². The summed E-state index contributed by atoms with van der Waals surface area (Å²) in [6, 6.07) is -2.25. The summed E-state index contributed by atoms with van der Waals surface area (Å²) in [4.78, 5) is 35.6. The van der Waals surface area contributed by atoms with Crippen molar-refractivity contribution in [3.63, 3.8) is 0 Å². The molecule has 0 saturated carbocycles. The zero-order valence-electron chi connectivity index (χ0n) is 10.8. The van der Waals surface area contributed by atoms with Crippen LogP contribution in [0.2, 0.25) is 0 Å². The molecule has 2 fully saturated rings. The van der Waals surface area contributed by atoms with E-state index in [1.165, 1.54) is 0 Å². The zero-order valence-corrected chi connectivity index (χ0v) is 11.6. The number of nitrogens with one attached hydrogen (secondary N) is 1. The zero-order chi connectivity index (χ0) is 15.8. The summed E-state index contributed by atoms with van der Waals surface area (Å²) in [6.07, 6.45) is 0.582. The lowest BCUT2D eigenvalue weighted by Gasteiger charge is -2.29. The van der Waals surface area contributed by atoms with Gasteiger partial charge in [0, 0.05) is 6.54 Å². The van der Waals surface area contributed by atoms with Crippen LogP contribution in [0.25, 0.3) is 0 Å². The highest BCUT2D eigenvalue weighted by molar-refractivity contribution is 7.80. The van der Waals surface area contributed by atoms with E-state index in [9.17, 15) is 22.8 Å². The van der Waals surface area contributed by atoms with Crippen LogP contribution in [-0.2, 0) is 24.3 Å². The van der Waals surface area contributed by atoms with Crippen LogP contribution in [-0.4, -0.2) is 66.0 Å². The number of urea groups is 1. The lowest BCUT2D eigenvalue weighted by Crippen LogP contribution is -2.51. The fraction of sp³-hybridized carbons (Fsp3) is 0.667. The molecule has 2 rings (SSSR count). The third-order valence-corrected chi connectivity index (χ3v) is 3.59. The van der Waals surface area contributed by atoms with Crippen molar-refractivity contribution < 1.29 is 31.6 Å². The first-order chi connectivity index (χ1) is 9.69. The maximum atomic E-state index is 12.0. The van der Waals surface area contributed by atoms with Crippen LogP contribution >= 0.6 is 0 Å². The van der Waals surface area contributed by atoms with Gasteiger partial charge in [-0.1, -0.05) is 0 Å². The molecule has 2 atom stereocenters. The van der Waals surface area contributed by atoms with Gasteiger partial charge in [-0.05, 0) is 12.8 Å². The molecule has 0 radical (unpaired) electrons. The maximum Gasteiger partial charge on any atom is 0.418 e. The Balaban J connectivity index is 2.06. The highest BCUT2D eigenvalue weighted by atomic mass is 32.3. The number of rotatable bonds is 5. The Morgan fingerprint density at radius 3 is 2.67 bits per heavy atom. The first-order valence-electron chi connectivity index (χ1n) is 6.02. The van der Waals surface area contributed by atoms with Crippen molar-refractivity contribution in [3.05, 3.63) is 0 Å². The fourth-order valence-corrected chi connectivity index (χ4v) is 2.78. The lowest BCUT2D eigenvalue weighted by atomic mass is 10.0. The number of hydrogen-bond donors (Lipinski definition) is 3. The Kier molecular flexibility index (Phi) is 4.02. The van der Waals surface area contributed by atoms with Crippen molar-refractivity contribution in [1.29, 1.82) is 0 Å². The Labute approximate surface area is 119 Å². The summed E-state index contributed by atoms with van der Waals surface area (Å²) in [5.41, 5.74) is 4.91. The van der Waals surface area contributed by atoms with Crippen LogP contribution in [0.5, 0.6) is 0 Å². The van der Waals surface area contributed by atoms with Gasteiger partial charge in [0.05, 0.1) is 12.6 Å². The van der Waals surface area contributed by atoms with Gasteiger partial charge in [0.15, 0.2) is 0 Å². The number of nitrogens with zero attached hydrogens (tertiary/aromatic N) is 2. The van der Waals surface area contributed by atoms with Gasteiger partial charge >= 0.3 is 16.4 Å². The molecule has 0 aromatic rings. The highest BCUT2D eigenvalue weighted by Crippen LogP contribution is 2.30. The van der Waals surface area contributed by atoms with E-state index in [4.69, 9.17) is 10.3 Å². The first kappa shape index (κ1) is 15.5. The normalized spacial score (nSPS) is 25.1. The molecule has 4 N–H and O–H groups in total. The van der Waals surface area contributed by atoms with Gasteiger partial charge in [-0.3, -0.25) is 14.1 Å². The second kappa shape index (κ2) is 5.46. The largest absolute Gasteiger partial charge is 0.418 e. The van der Waals surface area contributed by atoms with Crippen molar-refractivity contribution in [3.8, 4) is 0 Å². The fourth-order valence-electron chi connectivity index (χ4n) is 2.40. The molecule has 4 amide bonds. The maximum absolute atomic E-state index is 12.0. The van der Waals surface area contributed by atoms with E-state index in [0.29, 0.717) is 11.5 Å². The topological polar surface area (TPSA) is 159 Å². The van der Waals surface area contributed by atoms with E-state index < -0.39 is 40.3 Å². The van der Waals surface area contributed by atoms with Crippen molar-refractivity contribution in [2.24, 2.45) is 5.73 Å². The number of nitrogens with two attached hydrogens (primary N) is 1. The summed E-state index contributed by atoms with van der Waals surface area (Å²) in [5.74, 6) is -1.28. The van der Waals surface area contributed by atoms with Crippen LogP contribution in [0.1, 0.15) is 12.8 Å². The van der Waals surface area contributed by atoms with E-state index in [2.05, 4.69) is 9.60 Å². The van der Waals surface area contributed by atoms with E-state index in [-0.39, 0.29) is 19.5 Å². The third-order valence-electron chi connectivity index (χ3n) is 3.24. The van der Waals surface area contributed by atoms with Crippen LogP contribution in [0.4, 0.5) is 4.79 Å². The molecule has 21 heavy (non-hydrogen) atoms. The standard InChI is InChI=1S/C9H14N4O7S/c10-7(14)3-11-8(15)6-2-1-5-4-12(6)9(16)13(5)20-21(17,18)19/h5-6H,1-4H2,(H2,10,14)(H,11,15)(H,17,18,19)/t5-,6-/m1/s1. The molecule has 2 heterocycles. The van der Waals surface area contributed by atoms with Gasteiger partial charge in [0.2, 0.25) is 11.8 Å². The molecule has 0 aromatic carbocycles. The summed E-state index contributed by atoms with van der Waals surface area (Å²) in [5, 5.41) is 2.82. The average molecular weight is 322 g/mol. The van der Waals surface area contributed by atoms with Crippen LogP contribution in [0.3, 0.4) is 0 Å². The second-order valence-corrected chi connectivity index (χ2v) is 5.70. The minimum absolute atomic E-state index is 0.0863. The van der Waals surface area contributed by atoms with Gasteiger partial charge in [-0.15, -0.1) is 4.28 Å². The first-order valence-corrected chi connectivity index (χ1v) is 7.38. The van der Waals surface area contributed by atoms with E-state index in [1.54, 1.807) is 0 Å². The van der Waals surface area contributed by atoms with Gasteiger partial charge in [-0.25, -0.2) is 4.79 Å². The van der Waals surface area contributed by atoms with Crippen molar-refractivity contribution in [1.82, 2.24) is 15.3 Å². The number of primary amides is 1. The molecule has 12 heteroatoms. The Morgan fingerprint density at radius 2 is 2.10 bits per heavy atom. The lowest BCUT2D eigenvalue weighted by molar-refractivity contribution is -0.128. The van der Waals surface area contributed by atoms with Gasteiger partial charge in [0.1, 0.15) is 6.04 Å². The molecule has 2 bridgehead atoms. The minimum atomic E-state index is -4.82. The SMILES string of the molecule is NC(=O)CNC(=O)[C@H]1CC[C@@H]2CN1C(=O)N2OS(=O)(=O)O. The molecule has 2 aliphatic rings. The van der Waals surface area contributed by atoms with Gasteiger partial charge in [-0.2, -0.15) is 13.5 Å². The van der Waals surface area contributed by atoms with Crippen LogP contribution in [0.15, 0.2) is 0 Å². The monoisotopic (exact) mass is 322 g/mol. The second-order valence-electron chi connectivity index (χ2n) is 4.69. The number of carbonyl (C=O) groups excluding carboxylic acids is 3. The van der Waals surface area contributed by atoms with Crippen molar-refractivity contribution >= 4 is 28.2 Å². The van der Waals surface area contributed by atoms with Gasteiger partial charge < -0.3 is 16.0 Å². The molecule has 0 aromatic heterocycles. The van der Waals surface area contributed by atoms with Gasteiger partial charge in [0.25, 0.3) is 0 Å². The quantitative estimate of drug-likeness (QED) is 0.475. The number of amides is 4. The highest BCUT2D eigenvalue weighted by Gasteiger charge is 2.49. The number of piperidine rings is 1. The van der Waals surface area contributed by atoms with Crippen molar-refractivity contribution in [2.75, 3.05) is 13.1 Å². The third kappa shape index (κ3) is 3.40. The van der Waals surface area contributed by atoms with E-state index in [0.717, 1.165) is 4.90 Å². The molecule has 2 saturated heterocycles. The number of carbonyl (C=O) groups is 3. The molecule has 0 spiro atoms.